The second-order valence-corrected chi connectivity index (χ2v) is 4.65. The highest BCUT2D eigenvalue weighted by molar-refractivity contribution is 5.64. The molecule has 1 heterocycles. The van der Waals surface area contributed by atoms with Crippen LogP contribution < -0.4 is 0 Å². The third-order valence-electron chi connectivity index (χ3n) is 3.19. The predicted molar refractivity (Wildman–Crippen MR) is 81.2 cm³/mol. The molecule has 1 N–H and O–H groups in total. The number of aromatic nitrogens is 2. The molecular weight excluding hydrogens is 282 g/mol. The first-order valence-corrected chi connectivity index (χ1v) is 6.50. The van der Waals surface area contributed by atoms with E-state index in [0.29, 0.717) is 11.4 Å². The lowest BCUT2D eigenvalue weighted by molar-refractivity contribution is -0.384. The van der Waals surface area contributed by atoms with Gasteiger partial charge in [-0.1, -0.05) is 12.1 Å². The SMILES string of the molecule is O=[N+]([O-])c1ccc(-c2ncc(-c3ccc(O)cc3)cn2)cc1. The summed E-state index contributed by atoms with van der Waals surface area (Å²) >= 11 is 0. The van der Waals surface area contributed by atoms with Gasteiger partial charge in [-0.3, -0.25) is 10.1 Å². The number of hydrogen-bond donors (Lipinski definition) is 1. The molecule has 1 aromatic heterocycles. The van der Waals surface area contributed by atoms with Crippen molar-refractivity contribution in [3.63, 3.8) is 0 Å². The molecule has 22 heavy (non-hydrogen) atoms. The number of phenolic OH excluding ortho intramolecular Hbond substituents is 1. The number of nitro benzene ring substituents is 1. The molecule has 0 bridgehead atoms. The maximum atomic E-state index is 10.6. The molecule has 0 aliphatic rings. The maximum Gasteiger partial charge on any atom is 0.269 e. The van der Waals surface area contributed by atoms with Crippen LogP contribution in [0.3, 0.4) is 0 Å². The summed E-state index contributed by atoms with van der Waals surface area (Å²) in [6, 6.07) is 12.8. The van der Waals surface area contributed by atoms with Crippen molar-refractivity contribution >= 4 is 5.69 Å². The van der Waals surface area contributed by atoms with Gasteiger partial charge in [-0.2, -0.15) is 0 Å². The molecule has 3 aromatic rings. The molecule has 0 aliphatic carbocycles. The van der Waals surface area contributed by atoms with Gasteiger partial charge in [0.2, 0.25) is 0 Å². The van der Waals surface area contributed by atoms with Crippen molar-refractivity contribution in [1.82, 2.24) is 9.97 Å². The van der Waals surface area contributed by atoms with E-state index in [1.807, 2.05) is 0 Å². The number of rotatable bonds is 3. The van der Waals surface area contributed by atoms with Crippen LogP contribution in [0.5, 0.6) is 5.75 Å². The summed E-state index contributed by atoms with van der Waals surface area (Å²) in [5.74, 6) is 0.699. The molecule has 2 aromatic carbocycles. The number of phenols is 1. The Bertz CT molecular complexity index is 798. The number of benzene rings is 2. The van der Waals surface area contributed by atoms with Crippen molar-refractivity contribution in [2.75, 3.05) is 0 Å². The van der Waals surface area contributed by atoms with Gasteiger partial charge in [-0.05, 0) is 29.8 Å². The minimum absolute atomic E-state index is 0.0319. The van der Waals surface area contributed by atoms with Crippen LogP contribution in [0.25, 0.3) is 22.5 Å². The highest BCUT2D eigenvalue weighted by Crippen LogP contribution is 2.23. The molecule has 0 amide bonds. The van der Waals surface area contributed by atoms with Gasteiger partial charge in [0.1, 0.15) is 5.75 Å². The minimum Gasteiger partial charge on any atom is -0.508 e. The number of aromatic hydroxyl groups is 1. The Labute approximate surface area is 125 Å². The van der Waals surface area contributed by atoms with Gasteiger partial charge in [0, 0.05) is 35.7 Å². The smallest absolute Gasteiger partial charge is 0.269 e. The van der Waals surface area contributed by atoms with Crippen LogP contribution in [0.2, 0.25) is 0 Å². The molecule has 0 aliphatic heterocycles. The molecule has 6 heteroatoms. The standard InChI is InChI=1S/C16H11N3O3/c20-15-7-3-11(4-8-15)13-9-17-16(18-10-13)12-1-5-14(6-2-12)19(21)22/h1-10,20H. The maximum absolute atomic E-state index is 10.6. The summed E-state index contributed by atoms with van der Waals surface area (Å²) in [6.45, 7) is 0. The van der Waals surface area contributed by atoms with E-state index in [0.717, 1.165) is 11.1 Å². The summed E-state index contributed by atoms with van der Waals surface area (Å²) in [7, 11) is 0. The lowest BCUT2D eigenvalue weighted by atomic mass is 10.1. The Morgan fingerprint density at radius 1 is 0.818 bits per heavy atom. The lowest BCUT2D eigenvalue weighted by Gasteiger charge is -2.03. The second-order valence-electron chi connectivity index (χ2n) is 4.65. The highest BCUT2D eigenvalue weighted by Gasteiger charge is 2.07. The van der Waals surface area contributed by atoms with Crippen molar-refractivity contribution in [3.8, 4) is 28.3 Å². The van der Waals surface area contributed by atoms with Crippen LogP contribution in [-0.4, -0.2) is 20.0 Å². The van der Waals surface area contributed by atoms with Crippen molar-refractivity contribution in [2.45, 2.75) is 0 Å². The monoisotopic (exact) mass is 293 g/mol. The van der Waals surface area contributed by atoms with Gasteiger partial charge in [0.25, 0.3) is 5.69 Å². The summed E-state index contributed by atoms with van der Waals surface area (Å²) in [5, 5.41) is 19.9. The van der Waals surface area contributed by atoms with Crippen molar-refractivity contribution < 1.29 is 10.0 Å². The average Bonchev–Trinajstić information content (AvgIpc) is 2.56. The van der Waals surface area contributed by atoms with E-state index in [-0.39, 0.29) is 11.4 Å². The van der Waals surface area contributed by atoms with E-state index in [4.69, 9.17) is 0 Å². The fraction of sp³-hybridized carbons (Fsp3) is 0. The topological polar surface area (TPSA) is 89.2 Å². The first-order chi connectivity index (χ1) is 10.6. The van der Waals surface area contributed by atoms with E-state index in [2.05, 4.69) is 9.97 Å². The number of nitro groups is 1. The molecule has 108 valence electrons. The van der Waals surface area contributed by atoms with E-state index in [9.17, 15) is 15.2 Å². The molecule has 0 radical (unpaired) electrons. The van der Waals surface area contributed by atoms with Crippen molar-refractivity contribution in [2.24, 2.45) is 0 Å². The van der Waals surface area contributed by atoms with E-state index in [1.165, 1.54) is 12.1 Å². The van der Waals surface area contributed by atoms with Gasteiger partial charge >= 0.3 is 0 Å². The Morgan fingerprint density at radius 3 is 1.91 bits per heavy atom. The van der Waals surface area contributed by atoms with Gasteiger partial charge in [0.15, 0.2) is 5.82 Å². The highest BCUT2D eigenvalue weighted by atomic mass is 16.6. The van der Waals surface area contributed by atoms with Crippen LogP contribution >= 0.6 is 0 Å². The average molecular weight is 293 g/mol. The first kappa shape index (κ1) is 13.7. The summed E-state index contributed by atoms with van der Waals surface area (Å²) in [6.07, 6.45) is 3.35. The molecule has 0 atom stereocenters. The number of non-ortho nitro benzene ring substituents is 1. The fourth-order valence-corrected chi connectivity index (χ4v) is 2.01. The molecule has 6 nitrogen and oxygen atoms in total. The Kier molecular flexibility index (Phi) is 3.49. The molecule has 0 spiro atoms. The van der Waals surface area contributed by atoms with Crippen LogP contribution in [0.4, 0.5) is 5.69 Å². The van der Waals surface area contributed by atoms with Crippen LogP contribution in [-0.2, 0) is 0 Å². The molecular formula is C16H11N3O3. The van der Waals surface area contributed by atoms with Gasteiger partial charge in [0.05, 0.1) is 4.92 Å². The lowest BCUT2D eigenvalue weighted by Crippen LogP contribution is -1.91. The summed E-state index contributed by atoms with van der Waals surface area (Å²) in [4.78, 5) is 18.7. The van der Waals surface area contributed by atoms with E-state index in [1.54, 1.807) is 48.8 Å². The van der Waals surface area contributed by atoms with Crippen molar-refractivity contribution in [3.05, 3.63) is 71.0 Å². The predicted octanol–water partition coefficient (Wildman–Crippen LogP) is 3.42. The van der Waals surface area contributed by atoms with Gasteiger partial charge < -0.3 is 5.11 Å². The molecule has 0 saturated heterocycles. The quantitative estimate of drug-likeness (QED) is 0.590. The molecule has 0 unspecified atom stereocenters. The summed E-state index contributed by atoms with van der Waals surface area (Å²) < 4.78 is 0. The zero-order chi connectivity index (χ0) is 15.5. The zero-order valence-corrected chi connectivity index (χ0v) is 11.4. The van der Waals surface area contributed by atoms with Crippen molar-refractivity contribution in [1.29, 1.82) is 0 Å². The van der Waals surface area contributed by atoms with Crippen LogP contribution in [0.15, 0.2) is 60.9 Å². The molecule has 3 rings (SSSR count). The fourth-order valence-electron chi connectivity index (χ4n) is 2.01. The minimum atomic E-state index is -0.446. The van der Waals surface area contributed by atoms with Gasteiger partial charge in [-0.15, -0.1) is 0 Å². The largest absolute Gasteiger partial charge is 0.508 e. The zero-order valence-electron chi connectivity index (χ0n) is 11.4. The molecule has 0 fully saturated rings. The summed E-state index contributed by atoms with van der Waals surface area (Å²) in [5.41, 5.74) is 2.46. The molecule has 0 saturated carbocycles. The van der Waals surface area contributed by atoms with E-state index < -0.39 is 4.92 Å². The Balaban J connectivity index is 1.87. The number of hydrogen-bond acceptors (Lipinski definition) is 5. The normalized spacial score (nSPS) is 10.4. The van der Waals surface area contributed by atoms with Crippen LogP contribution in [0.1, 0.15) is 0 Å². The first-order valence-electron chi connectivity index (χ1n) is 6.50. The second kappa shape index (κ2) is 5.61. The third kappa shape index (κ3) is 2.76. The Morgan fingerprint density at radius 2 is 1.36 bits per heavy atom. The Hall–Kier alpha value is -3.28. The van der Waals surface area contributed by atoms with Gasteiger partial charge in [-0.25, -0.2) is 9.97 Å². The number of nitrogens with zero attached hydrogens (tertiary/aromatic N) is 3. The van der Waals surface area contributed by atoms with E-state index >= 15 is 0 Å². The van der Waals surface area contributed by atoms with Crippen LogP contribution in [0, 0.1) is 10.1 Å². The third-order valence-corrected chi connectivity index (χ3v) is 3.19.